The molecule has 0 saturated carbocycles. The summed E-state index contributed by atoms with van der Waals surface area (Å²) in [6.07, 6.45) is 6.44. The van der Waals surface area contributed by atoms with Crippen molar-refractivity contribution in [3.63, 3.8) is 0 Å². The quantitative estimate of drug-likeness (QED) is 0.870. The first-order chi connectivity index (χ1) is 11.3. The molecule has 0 aliphatic carbocycles. The summed E-state index contributed by atoms with van der Waals surface area (Å²) in [5, 5.41) is 0. The van der Waals surface area contributed by atoms with E-state index in [1.165, 1.54) is 12.8 Å². The van der Waals surface area contributed by atoms with E-state index in [4.69, 9.17) is 9.47 Å². The smallest absolute Gasteiger partial charge is 0.231 e. The molecule has 1 aromatic carbocycles. The SMILES string of the molecule is Cc1cc(N2CCCC2)nc(/C=C/c2ccc3c(c2)OCO3)n1. The zero-order valence-corrected chi connectivity index (χ0v) is 13.2. The van der Waals surface area contributed by atoms with Gasteiger partial charge in [-0.25, -0.2) is 9.97 Å². The first-order valence-electron chi connectivity index (χ1n) is 7.96. The zero-order chi connectivity index (χ0) is 15.6. The van der Waals surface area contributed by atoms with Gasteiger partial charge >= 0.3 is 0 Å². The summed E-state index contributed by atoms with van der Waals surface area (Å²) in [5.41, 5.74) is 2.04. The van der Waals surface area contributed by atoms with Gasteiger partial charge < -0.3 is 14.4 Å². The number of benzene rings is 1. The molecule has 2 aromatic rings. The van der Waals surface area contributed by atoms with Crippen LogP contribution in [0, 0.1) is 6.92 Å². The maximum Gasteiger partial charge on any atom is 0.231 e. The Labute approximate surface area is 135 Å². The average Bonchev–Trinajstić information content (AvgIpc) is 3.23. The number of nitrogens with zero attached hydrogens (tertiary/aromatic N) is 3. The molecule has 0 spiro atoms. The number of aromatic nitrogens is 2. The second-order valence-electron chi connectivity index (χ2n) is 5.87. The molecule has 5 nitrogen and oxygen atoms in total. The first kappa shape index (κ1) is 14.1. The average molecular weight is 309 g/mol. The summed E-state index contributed by atoms with van der Waals surface area (Å²) in [6.45, 7) is 4.48. The molecular formula is C18H19N3O2. The Hall–Kier alpha value is -2.56. The van der Waals surface area contributed by atoms with Gasteiger partial charge in [-0.3, -0.25) is 0 Å². The molecule has 0 bridgehead atoms. The number of hydrogen-bond acceptors (Lipinski definition) is 5. The van der Waals surface area contributed by atoms with Gasteiger partial charge in [-0.15, -0.1) is 0 Å². The second-order valence-corrected chi connectivity index (χ2v) is 5.87. The van der Waals surface area contributed by atoms with Gasteiger partial charge in [0, 0.05) is 24.8 Å². The molecule has 1 aromatic heterocycles. The summed E-state index contributed by atoms with van der Waals surface area (Å²) in [6, 6.07) is 7.95. The highest BCUT2D eigenvalue weighted by molar-refractivity contribution is 5.69. The monoisotopic (exact) mass is 309 g/mol. The highest BCUT2D eigenvalue weighted by Gasteiger charge is 2.15. The van der Waals surface area contributed by atoms with E-state index in [9.17, 15) is 0 Å². The molecule has 0 N–H and O–H groups in total. The fourth-order valence-electron chi connectivity index (χ4n) is 2.94. The third-order valence-electron chi connectivity index (χ3n) is 4.11. The largest absolute Gasteiger partial charge is 0.454 e. The molecule has 3 heterocycles. The minimum absolute atomic E-state index is 0.294. The standard InChI is InChI=1S/C18H19N3O2/c1-13-10-18(21-8-2-3-9-21)20-17(19-13)7-5-14-4-6-15-16(11-14)23-12-22-15/h4-7,10-11H,2-3,8-9,12H2,1H3/b7-5+. The lowest BCUT2D eigenvalue weighted by molar-refractivity contribution is 0.174. The topological polar surface area (TPSA) is 47.5 Å². The number of aryl methyl sites for hydroxylation is 1. The normalized spacial score (nSPS) is 16.5. The summed E-state index contributed by atoms with van der Waals surface area (Å²) < 4.78 is 10.7. The van der Waals surface area contributed by atoms with Crippen molar-refractivity contribution >= 4 is 18.0 Å². The van der Waals surface area contributed by atoms with Gasteiger partial charge in [0.05, 0.1) is 0 Å². The predicted molar refractivity (Wildman–Crippen MR) is 89.7 cm³/mol. The van der Waals surface area contributed by atoms with Crippen molar-refractivity contribution in [3.8, 4) is 11.5 Å². The summed E-state index contributed by atoms with van der Waals surface area (Å²) in [4.78, 5) is 11.5. The molecule has 1 fully saturated rings. The van der Waals surface area contributed by atoms with Crippen molar-refractivity contribution in [2.75, 3.05) is 24.8 Å². The Morgan fingerprint density at radius 2 is 1.83 bits per heavy atom. The van der Waals surface area contributed by atoms with Gasteiger partial charge in [-0.05, 0) is 43.5 Å². The Kier molecular flexibility index (Phi) is 3.61. The van der Waals surface area contributed by atoms with Gasteiger partial charge in [-0.1, -0.05) is 12.1 Å². The molecule has 0 amide bonds. The predicted octanol–water partition coefficient (Wildman–Crippen LogP) is 3.28. The van der Waals surface area contributed by atoms with E-state index < -0.39 is 0 Å². The molecule has 23 heavy (non-hydrogen) atoms. The third-order valence-corrected chi connectivity index (χ3v) is 4.11. The van der Waals surface area contributed by atoms with Crippen molar-refractivity contribution in [3.05, 3.63) is 41.3 Å². The Bertz CT molecular complexity index is 752. The van der Waals surface area contributed by atoms with Gasteiger partial charge in [0.1, 0.15) is 5.82 Å². The molecule has 5 heteroatoms. The van der Waals surface area contributed by atoms with Crippen molar-refractivity contribution in [2.24, 2.45) is 0 Å². The van der Waals surface area contributed by atoms with Crippen LogP contribution in [0.5, 0.6) is 11.5 Å². The van der Waals surface area contributed by atoms with Crippen LogP contribution >= 0.6 is 0 Å². The molecule has 0 atom stereocenters. The lowest BCUT2D eigenvalue weighted by Crippen LogP contribution is -2.19. The van der Waals surface area contributed by atoms with Crippen LogP contribution in [0.2, 0.25) is 0 Å². The highest BCUT2D eigenvalue weighted by Crippen LogP contribution is 2.33. The third kappa shape index (κ3) is 2.99. The Morgan fingerprint density at radius 1 is 1.00 bits per heavy atom. The van der Waals surface area contributed by atoms with Crippen LogP contribution in [0.15, 0.2) is 24.3 Å². The number of fused-ring (bicyclic) bond motifs is 1. The van der Waals surface area contributed by atoms with Crippen LogP contribution in [0.3, 0.4) is 0 Å². The molecule has 118 valence electrons. The van der Waals surface area contributed by atoms with Gasteiger partial charge in [-0.2, -0.15) is 0 Å². The minimum atomic E-state index is 0.294. The molecule has 4 rings (SSSR count). The van der Waals surface area contributed by atoms with Crippen LogP contribution in [0.1, 0.15) is 29.9 Å². The first-order valence-corrected chi connectivity index (χ1v) is 7.96. The van der Waals surface area contributed by atoms with E-state index in [1.54, 1.807) is 0 Å². The number of anilines is 1. The fraction of sp³-hybridized carbons (Fsp3) is 0.333. The molecular weight excluding hydrogens is 290 g/mol. The fourth-order valence-corrected chi connectivity index (χ4v) is 2.94. The summed E-state index contributed by atoms with van der Waals surface area (Å²) >= 11 is 0. The van der Waals surface area contributed by atoms with Crippen molar-refractivity contribution in [2.45, 2.75) is 19.8 Å². The number of rotatable bonds is 3. The lowest BCUT2D eigenvalue weighted by atomic mass is 10.2. The van der Waals surface area contributed by atoms with E-state index in [-0.39, 0.29) is 0 Å². The molecule has 0 unspecified atom stereocenters. The van der Waals surface area contributed by atoms with Crippen LogP contribution in [-0.4, -0.2) is 29.9 Å². The van der Waals surface area contributed by atoms with Gasteiger partial charge in [0.25, 0.3) is 0 Å². The van der Waals surface area contributed by atoms with Crippen molar-refractivity contribution in [1.29, 1.82) is 0 Å². The zero-order valence-electron chi connectivity index (χ0n) is 13.2. The van der Waals surface area contributed by atoms with E-state index >= 15 is 0 Å². The van der Waals surface area contributed by atoms with Gasteiger partial charge in [0.2, 0.25) is 6.79 Å². The van der Waals surface area contributed by atoms with E-state index in [2.05, 4.69) is 20.9 Å². The Balaban J connectivity index is 1.58. The highest BCUT2D eigenvalue weighted by atomic mass is 16.7. The summed E-state index contributed by atoms with van der Waals surface area (Å²) in [5.74, 6) is 3.35. The molecule has 2 aliphatic rings. The van der Waals surface area contributed by atoms with Crippen LogP contribution in [-0.2, 0) is 0 Å². The molecule has 0 radical (unpaired) electrons. The summed E-state index contributed by atoms with van der Waals surface area (Å²) in [7, 11) is 0. The van der Waals surface area contributed by atoms with Crippen LogP contribution < -0.4 is 14.4 Å². The molecule has 1 saturated heterocycles. The van der Waals surface area contributed by atoms with Crippen LogP contribution in [0.4, 0.5) is 5.82 Å². The minimum Gasteiger partial charge on any atom is -0.454 e. The number of hydrogen-bond donors (Lipinski definition) is 0. The second kappa shape index (κ2) is 5.91. The van der Waals surface area contributed by atoms with E-state index in [1.807, 2.05) is 37.3 Å². The number of ether oxygens (including phenoxy) is 2. The maximum atomic E-state index is 5.40. The van der Waals surface area contributed by atoms with Crippen LogP contribution in [0.25, 0.3) is 12.2 Å². The van der Waals surface area contributed by atoms with Gasteiger partial charge in [0.15, 0.2) is 17.3 Å². The lowest BCUT2D eigenvalue weighted by Gasteiger charge is -2.16. The van der Waals surface area contributed by atoms with E-state index in [0.717, 1.165) is 47.5 Å². The maximum absolute atomic E-state index is 5.40. The van der Waals surface area contributed by atoms with Crippen molar-refractivity contribution in [1.82, 2.24) is 9.97 Å². The Morgan fingerprint density at radius 3 is 2.70 bits per heavy atom. The van der Waals surface area contributed by atoms with E-state index in [0.29, 0.717) is 6.79 Å². The molecule has 2 aliphatic heterocycles. The van der Waals surface area contributed by atoms with Crippen molar-refractivity contribution < 1.29 is 9.47 Å².